The predicted molar refractivity (Wildman–Crippen MR) is 48.6 cm³/mol. The second kappa shape index (κ2) is 3.96. The number of amides is 2. The fraction of sp³-hybridized carbons (Fsp3) is 0.889. The fourth-order valence-corrected chi connectivity index (χ4v) is 1.64. The van der Waals surface area contributed by atoms with Crippen LogP contribution in [0.5, 0.6) is 0 Å². The molecule has 0 aromatic heterocycles. The highest BCUT2D eigenvalue weighted by molar-refractivity contribution is 5.75. The van der Waals surface area contributed by atoms with E-state index in [-0.39, 0.29) is 12.1 Å². The lowest BCUT2D eigenvalue weighted by Gasteiger charge is -2.33. The molecule has 0 spiro atoms. The SMILES string of the molecule is O=C(N[C@@H]1CCCOC1)N1CCC1. The van der Waals surface area contributed by atoms with E-state index in [1.807, 2.05) is 4.90 Å². The summed E-state index contributed by atoms with van der Waals surface area (Å²) in [5.74, 6) is 0. The van der Waals surface area contributed by atoms with Crippen molar-refractivity contribution in [2.24, 2.45) is 0 Å². The van der Waals surface area contributed by atoms with E-state index >= 15 is 0 Å². The summed E-state index contributed by atoms with van der Waals surface area (Å²) in [6.45, 7) is 3.36. The number of hydrogen-bond donors (Lipinski definition) is 1. The van der Waals surface area contributed by atoms with Gasteiger partial charge < -0.3 is 15.0 Å². The Labute approximate surface area is 78.2 Å². The Balaban J connectivity index is 1.72. The van der Waals surface area contributed by atoms with E-state index in [2.05, 4.69) is 5.32 Å². The van der Waals surface area contributed by atoms with E-state index in [9.17, 15) is 4.79 Å². The van der Waals surface area contributed by atoms with Crippen LogP contribution in [0, 0.1) is 0 Å². The van der Waals surface area contributed by atoms with Crippen molar-refractivity contribution in [3.63, 3.8) is 0 Å². The van der Waals surface area contributed by atoms with Crippen molar-refractivity contribution < 1.29 is 9.53 Å². The smallest absolute Gasteiger partial charge is 0.317 e. The molecule has 0 bridgehead atoms. The summed E-state index contributed by atoms with van der Waals surface area (Å²) in [6.07, 6.45) is 3.26. The number of ether oxygens (including phenoxy) is 1. The van der Waals surface area contributed by atoms with Gasteiger partial charge in [0, 0.05) is 19.7 Å². The van der Waals surface area contributed by atoms with Gasteiger partial charge in [0.1, 0.15) is 0 Å². The normalized spacial score (nSPS) is 28.0. The summed E-state index contributed by atoms with van der Waals surface area (Å²) in [4.78, 5) is 13.3. The standard InChI is InChI=1S/C9H16N2O2/c12-9(11-4-2-5-11)10-8-3-1-6-13-7-8/h8H,1-7H2,(H,10,12)/t8-/m1/s1. The number of urea groups is 1. The number of hydrogen-bond acceptors (Lipinski definition) is 2. The first-order valence-corrected chi connectivity index (χ1v) is 4.99. The Hall–Kier alpha value is -0.770. The first-order valence-electron chi connectivity index (χ1n) is 4.99. The van der Waals surface area contributed by atoms with Gasteiger partial charge in [0.2, 0.25) is 0 Å². The highest BCUT2D eigenvalue weighted by atomic mass is 16.5. The number of nitrogens with one attached hydrogen (secondary N) is 1. The Morgan fingerprint density at radius 3 is 2.77 bits per heavy atom. The lowest BCUT2D eigenvalue weighted by molar-refractivity contribution is 0.0688. The number of nitrogens with zero attached hydrogens (tertiary/aromatic N) is 1. The molecule has 2 rings (SSSR count). The molecule has 2 fully saturated rings. The van der Waals surface area contributed by atoms with Crippen LogP contribution in [0.25, 0.3) is 0 Å². The molecule has 2 aliphatic heterocycles. The van der Waals surface area contributed by atoms with Crippen molar-refractivity contribution in [2.45, 2.75) is 25.3 Å². The van der Waals surface area contributed by atoms with E-state index in [0.29, 0.717) is 6.61 Å². The summed E-state index contributed by atoms with van der Waals surface area (Å²) >= 11 is 0. The summed E-state index contributed by atoms with van der Waals surface area (Å²) in [5, 5.41) is 2.98. The molecule has 0 aromatic rings. The average molecular weight is 184 g/mol. The fourth-order valence-electron chi connectivity index (χ4n) is 1.64. The maximum Gasteiger partial charge on any atom is 0.317 e. The van der Waals surface area contributed by atoms with E-state index in [1.54, 1.807) is 0 Å². The van der Waals surface area contributed by atoms with Crippen molar-refractivity contribution >= 4 is 6.03 Å². The largest absolute Gasteiger partial charge is 0.379 e. The first-order chi connectivity index (χ1) is 6.36. The highest BCUT2D eigenvalue weighted by Crippen LogP contribution is 2.09. The zero-order chi connectivity index (χ0) is 9.10. The van der Waals surface area contributed by atoms with Gasteiger partial charge in [-0.25, -0.2) is 4.79 Å². The molecule has 4 nitrogen and oxygen atoms in total. The minimum atomic E-state index is 0.0850. The van der Waals surface area contributed by atoms with Gasteiger partial charge in [-0.05, 0) is 19.3 Å². The first kappa shape index (κ1) is 8.81. The summed E-state index contributed by atoms with van der Waals surface area (Å²) < 4.78 is 5.28. The molecule has 0 aliphatic carbocycles. The Morgan fingerprint density at radius 1 is 1.38 bits per heavy atom. The number of likely N-dealkylation sites (tertiary alicyclic amines) is 1. The maximum atomic E-state index is 11.5. The van der Waals surface area contributed by atoms with Crippen LogP contribution in [0.2, 0.25) is 0 Å². The zero-order valence-electron chi connectivity index (χ0n) is 7.79. The van der Waals surface area contributed by atoms with Crippen LogP contribution >= 0.6 is 0 Å². The van der Waals surface area contributed by atoms with Gasteiger partial charge in [-0.2, -0.15) is 0 Å². The minimum Gasteiger partial charge on any atom is -0.379 e. The van der Waals surface area contributed by atoms with Gasteiger partial charge in [0.25, 0.3) is 0 Å². The van der Waals surface area contributed by atoms with Crippen LogP contribution < -0.4 is 5.32 Å². The van der Waals surface area contributed by atoms with Crippen molar-refractivity contribution in [3.8, 4) is 0 Å². The summed E-state index contributed by atoms with van der Waals surface area (Å²) in [6, 6.07) is 0.323. The molecule has 2 aliphatic rings. The van der Waals surface area contributed by atoms with Gasteiger partial charge in [0.15, 0.2) is 0 Å². The third kappa shape index (κ3) is 2.12. The average Bonchev–Trinajstić information content (AvgIpc) is 2.02. The second-order valence-corrected chi connectivity index (χ2v) is 3.70. The summed E-state index contributed by atoms with van der Waals surface area (Å²) in [5.41, 5.74) is 0. The van der Waals surface area contributed by atoms with Crippen molar-refractivity contribution in [2.75, 3.05) is 26.3 Å². The number of carbonyl (C=O) groups is 1. The molecule has 13 heavy (non-hydrogen) atoms. The highest BCUT2D eigenvalue weighted by Gasteiger charge is 2.23. The van der Waals surface area contributed by atoms with Crippen LogP contribution in [0.4, 0.5) is 4.79 Å². The van der Waals surface area contributed by atoms with Gasteiger partial charge >= 0.3 is 6.03 Å². The van der Waals surface area contributed by atoms with Gasteiger partial charge in [-0.15, -0.1) is 0 Å². The quantitative estimate of drug-likeness (QED) is 0.647. The van der Waals surface area contributed by atoms with Crippen molar-refractivity contribution in [1.29, 1.82) is 0 Å². The van der Waals surface area contributed by atoms with Crippen molar-refractivity contribution in [3.05, 3.63) is 0 Å². The Morgan fingerprint density at radius 2 is 2.23 bits per heavy atom. The number of carbonyl (C=O) groups excluding carboxylic acids is 1. The van der Waals surface area contributed by atoms with Crippen LogP contribution in [0.1, 0.15) is 19.3 Å². The van der Waals surface area contributed by atoms with E-state index in [4.69, 9.17) is 4.74 Å². The molecule has 0 saturated carbocycles. The van der Waals surface area contributed by atoms with Gasteiger partial charge in [-0.3, -0.25) is 0 Å². The van der Waals surface area contributed by atoms with Crippen molar-refractivity contribution in [1.82, 2.24) is 10.2 Å². The number of rotatable bonds is 1. The molecule has 0 aromatic carbocycles. The lowest BCUT2D eigenvalue weighted by Crippen LogP contribution is -2.52. The molecule has 2 heterocycles. The zero-order valence-corrected chi connectivity index (χ0v) is 7.79. The van der Waals surface area contributed by atoms with Gasteiger partial charge in [0.05, 0.1) is 12.6 Å². The van der Waals surface area contributed by atoms with Crippen LogP contribution in [0.3, 0.4) is 0 Å². The monoisotopic (exact) mass is 184 g/mol. The maximum absolute atomic E-state index is 11.5. The molecule has 1 atom stereocenters. The molecule has 4 heteroatoms. The third-order valence-corrected chi connectivity index (χ3v) is 2.63. The Bertz CT molecular complexity index is 186. The predicted octanol–water partition coefficient (Wildman–Crippen LogP) is 0.581. The molecule has 74 valence electrons. The third-order valence-electron chi connectivity index (χ3n) is 2.63. The molecule has 1 N–H and O–H groups in total. The molecule has 0 radical (unpaired) electrons. The van der Waals surface area contributed by atoms with Crippen LogP contribution in [0.15, 0.2) is 0 Å². The van der Waals surface area contributed by atoms with Crippen LogP contribution in [-0.2, 0) is 4.74 Å². The van der Waals surface area contributed by atoms with E-state index in [0.717, 1.165) is 39.0 Å². The van der Waals surface area contributed by atoms with E-state index in [1.165, 1.54) is 0 Å². The van der Waals surface area contributed by atoms with Crippen LogP contribution in [-0.4, -0.2) is 43.3 Å². The molecule has 0 unspecified atom stereocenters. The Kier molecular flexibility index (Phi) is 2.68. The summed E-state index contributed by atoms with van der Waals surface area (Å²) in [7, 11) is 0. The lowest BCUT2D eigenvalue weighted by atomic mass is 10.1. The van der Waals surface area contributed by atoms with E-state index < -0.39 is 0 Å². The topological polar surface area (TPSA) is 41.6 Å². The van der Waals surface area contributed by atoms with Gasteiger partial charge in [-0.1, -0.05) is 0 Å². The molecular formula is C9H16N2O2. The second-order valence-electron chi connectivity index (χ2n) is 3.70. The minimum absolute atomic E-state index is 0.0850. The molecular weight excluding hydrogens is 168 g/mol. The molecule has 2 saturated heterocycles. The molecule has 2 amide bonds.